The van der Waals surface area contributed by atoms with E-state index in [9.17, 15) is 10.1 Å². The highest BCUT2D eigenvalue weighted by Gasteiger charge is 2.28. The predicted octanol–water partition coefficient (Wildman–Crippen LogP) is 3.85. The zero-order chi connectivity index (χ0) is 15.9. The van der Waals surface area contributed by atoms with Crippen molar-refractivity contribution >= 4 is 22.9 Å². The van der Waals surface area contributed by atoms with Gasteiger partial charge in [-0.05, 0) is 42.5 Å². The van der Waals surface area contributed by atoms with Crippen LogP contribution >= 0.6 is 11.6 Å². The Kier molecular flexibility index (Phi) is 3.83. The molecular weight excluding hydrogens is 304 g/mol. The number of nitrogens with zero attached hydrogens (tertiary/aromatic N) is 2. The standard InChI is InChI=1S/C16H17ClN2O3/c1-10-7-15(19(20)21)16(22-11-3-4-11)8-13(10)12-5-6-18(2)9-14(12)17/h5,7-9,11H,3-4,6H2,1-2H3. The van der Waals surface area contributed by atoms with Gasteiger partial charge < -0.3 is 9.64 Å². The summed E-state index contributed by atoms with van der Waals surface area (Å²) in [6.45, 7) is 2.60. The zero-order valence-corrected chi connectivity index (χ0v) is 13.3. The van der Waals surface area contributed by atoms with Crippen molar-refractivity contribution in [1.82, 2.24) is 4.90 Å². The summed E-state index contributed by atoms with van der Waals surface area (Å²) in [5, 5.41) is 11.9. The third kappa shape index (κ3) is 2.95. The van der Waals surface area contributed by atoms with Gasteiger partial charge >= 0.3 is 5.69 Å². The van der Waals surface area contributed by atoms with Crippen molar-refractivity contribution in [2.75, 3.05) is 13.6 Å². The van der Waals surface area contributed by atoms with E-state index >= 15 is 0 Å². The van der Waals surface area contributed by atoms with Crippen molar-refractivity contribution in [2.45, 2.75) is 25.9 Å². The Labute approximate surface area is 134 Å². The maximum Gasteiger partial charge on any atom is 0.311 e. The largest absolute Gasteiger partial charge is 0.483 e. The minimum absolute atomic E-state index is 0.0155. The van der Waals surface area contributed by atoms with Crippen LogP contribution in [0.4, 0.5) is 5.69 Å². The number of ether oxygens (including phenoxy) is 1. The second-order valence-electron chi connectivity index (χ2n) is 5.74. The van der Waals surface area contributed by atoms with E-state index in [0.717, 1.165) is 36.1 Å². The third-order valence-electron chi connectivity index (χ3n) is 3.79. The fourth-order valence-corrected chi connectivity index (χ4v) is 2.80. The van der Waals surface area contributed by atoms with E-state index in [-0.39, 0.29) is 11.8 Å². The van der Waals surface area contributed by atoms with E-state index in [1.807, 2.05) is 31.1 Å². The van der Waals surface area contributed by atoms with Gasteiger partial charge in [-0.25, -0.2) is 0 Å². The van der Waals surface area contributed by atoms with Gasteiger partial charge in [0.15, 0.2) is 5.75 Å². The van der Waals surface area contributed by atoms with Gasteiger partial charge in [0.25, 0.3) is 0 Å². The summed E-state index contributed by atoms with van der Waals surface area (Å²) in [5.74, 6) is 0.331. The number of likely N-dealkylation sites (N-methyl/N-ethyl adjacent to an activating group) is 1. The lowest BCUT2D eigenvalue weighted by Gasteiger charge is -2.21. The van der Waals surface area contributed by atoms with Crippen molar-refractivity contribution in [3.63, 3.8) is 0 Å². The number of nitro benzene ring substituents is 1. The van der Waals surface area contributed by atoms with Crippen LogP contribution in [0.3, 0.4) is 0 Å². The number of benzene rings is 1. The van der Waals surface area contributed by atoms with Crippen molar-refractivity contribution in [3.8, 4) is 5.75 Å². The molecular formula is C16H17ClN2O3. The molecule has 1 aliphatic heterocycles. The van der Waals surface area contributed by atoms with Crippen LogP contribution in [0.15, 0.2) is 29.4 Å². The number of hydrogen-bond acceptors (Lipinski definition) is 4. The maximum absolute atomic E-state index is 11.2. The van der Waals surface area contributed by atoms with Gasteiger partial charge in [0.2, 0.25) is 0 Å². The molecule has 0 amide bonds. The normalized spacial score (nSPS) is 17.9. The van der Waals surface area contributed by atoms with Crippen LogP contribution < -0.4 is 4.74 Å². The molecule has 0 aromatic heterocycles. The lowest BCUT2D eigenvalue weighted by Crippen LogP contribution is -2.15. The Morgan fingerprint density at radius 3 is 2.73 bits per heavy atom. The van der Waals surface area contributed by atoms with E-state index in [1.54, 1.807) is 12.1 Å². The summed E-state index contributed by atoms with van der Waals surface area (Å²) in [6, 6.07) is 3.32. The fraction of sp³-hybridized carbons (Fsp3) is 0.375. The molecule has 1 saturated carbocycles. The quantitative estimate of drug-likeness (QED) is 0.624. The van der Waals surface area contributed by atoms with Crippen molar-refractivity contribution in [1.29, 1.82) is 0 Å². The summed E-state index contributed by atoms with van der Waals surface area (Å²) >= 11 is 6.33. The highest BCUT2D eigenvalue weighted by Crippen LogP contribution is 2.39. The molecule has 1 heterocycles. The Bertz CT molecular complexity index is 693. The highest BCUT2D eigenvalue weighted by molar-refractivity contribution is 6.37. The smallest absolute Gasteiger partial charge is 0.311 e. The lowest BCUT2D eigenvalue weighted by molar-refractivity contribution is -0.386. The average Bonchev–Trinajstić information content (AvgIpc) is 3.25. The van der Waals surface area contributed by atoms with Crippen LogP contribution in [0, 0.1) is 17.0 Å². The van der Waals surface area contributed by atoms with Crippen molar-refractivity contribution in [2.24, 2.45) is 0 Å². The van der Waals surface area contributed by atoms with Gasteiger partial charge in [-0.1, -0.05) is 17.7 Å². The van der Waals surface area contributed by atoms with Gasteiger partial charge in [0.05, 0.1) is 16.1 Å². The Balaban J connectivity index is 2.04. The zero-order valence-electron chi connectivity index (χ0n) is 12.5. The van der Waals surface area contributed by atoms with E-state index in [1.165, 1.54) is 0 Å². The van der Waals surface area contributed by atoms with Gasteiger partial charge in [-0.3, -0.25) is 10.1 Å². The summed E-state index contributed by atoms with van der Waals surface area (Å²) in [5.41, 5.74) is 2.61. The van der Waals surface area contributed by atoms with Crippen molar-refractivity contribution in [3.05, 3.63) is 50.7 Å². The molecule has 6 heteroatoms. The van der Waals surface area contributed by atoms with Gasteiger partial charge in [-0.2, -0.15) is 0 Å². The maximum atomic E-state index is 11.2. The number of hydrogen-bond donors (Lipinski definition) is 0. The monoisotopic (exact) mass is 320 g/mol. The van der Waals surface area contributed by atoms with Crippen LogP contribution in [0.25, 0.3) is 5.57 Å². The minimum atomic E-state index is -0.394. The van der Waals surface area contributed by atoms with E-state index < -0.39 is 4.92 Å². The minimum Gasteiger partial charge on any atom is -0.483 e. The molecule has 2 aliphatic rings. The predicted molar refractivity (Wildman–Crippen MR) is 86.0 cm³/mol. The van der Waals surface area contributed by atoms with E-state index in [2.05, 4.69) is 0 Å². The third-order valence-corrected chi connectivity index (χ3v) is 4.09. The summed E-state index contributed by atoms with van der Waals surface area (Å²) in [6.07, 6.45) is 5.89. The number of aryl methyl sites for hydroxylation is 1. The highest BCUT2D eigenvalue weighted by atomic mass is 35.5. The molecule has 1 aromatic carbocycles. The molecule has 1 aromatic rings. The number of allylic oxidation sites excluding steroid dienone is 2. The molecule has 0 radical (unpaired) electrons. The second kappa shape index (κ2) is 5.65. The first kappa shape index (κ1) is 14.9. The van der Waals surface area contributed by atoms with E-state index in [4.69, 9.17) is 16.3 Å². The van der Waals surface area contributed by atoms with Crippen LogP contribution in [-0.2, 0) is 0 Å². The van der Waals surface area contributed by atoms with Gasteiger partial charge in [-0.15, -0.1) is 0 Å². The molecule has 0 spiro atoms. The van der Waals surface area contributed by atoms with Crippen LogP contribution in [-0.4, -0.2) is 29.5 Å². The molecule has 0 atom stereocenters. The molecule has 3 rings (SSSR count). The van der Waals surface area contributed by atoms with Gasteiger partial charge in [0.1, 0.15) is 0 Å². The first-order valence-electron chi connectivity index (χ1n) is 7.20. The topological polar surface area (TPSA) is 55.6 Å². The van der Waals surface area contributed by atoms with Crippen LogP contribution in [0.5, 0.6) is 5.75 Å². The number of nitro groups is 1. The molecule has 1 aliphatic carbocycles. The SMILES string of the molecule is Cc1cc([N+](=O)[O-])c(OC2CC2)cc1C1=CCN(C)C=C1Cl. The average molecular weight is 321 g/mol. The summed E-state index contributed by atoms with van der Waals surface area (Å²) < 4.78 is 5.72. The van der Waals surface area contributed by atoms with E-state index in [0.29, 0.717) is 10.8 Å². The fourth-order valence-electron chi connectivity index (χ4n) is 2.45. The lowest BCUT2D eigenvalue weighted by atomic mass is 9.97. The molecule has 0 unspecified atom stereocenters. The van der Waals surface area contributed by atoms with Crippen LogP contribution in [0.1, 0.15) is 24.0 Å². The van der Waals surface area contributed by atoms with Gasteiger partial charge in [0, 0.05) is 25.9 Å². The second-order valence-corrected chi connectivity index (χ2v) is 6.15. The van der Waals surface area contributed by atoms with Crippen molar-refractivity contribution < 1.29 is 9.66 Å². The molecule has 0 saturated heterocycles. The summed E-state index contributed by atoms with van der Waals surface area (Å²) in [7, 11) is 1.94. The molecule has 116 valence electrons. The Morgan fingerprint density at radius 1 is 1.41 bits per heavy atom. The van der Waals surface area contributed by atoms with Crippen LogP contribution in [0.2, 0.25) is 0 Å². The summed E-state index contributed by atoms with van der Waals surface area (Å²) in [4.78, 5) is 12.8. The molecule has 22 heavy (non-hydrogen) atoms. The number of rotatable bonds is 4. The Morgan fingerprint density at radius 2 is 2.14 bits per heavy atom. The first-order valence-corrected chi connectivity index (χ1v) is 7.57. The first-order chi connectivity index (χ1) is 10.5. The molecule has 5 nitrogen and oxygen atoms in total. The molecule has 0 bridgehead atoms. The molecule has 0 N–H and O–H groups in total. The number of halogens is 1. The molecule has 1 fully saturated rings. The Hall–Kier alpha value is -2.01.